The molecule has 12 heteroatoms. The highest BCUT2D eigenvalue weighted by Gasteiger charge is 2.33. The molecule has 0 saturated carbocycles. The second-order valence-electron chi connectivity index (χ2n) is 13.7. The van der Waals surface area contributed by atoms with E-state index in [2.05, 4.69) is 59.1 Å². The van der Waals surface area contributed by atoms with Crippen molar-refractivity contribution in [1.29, 1.82) is 5.41 Å². The summed E-state index contributed by atoms with van der Waals surface area (Å²) in [5, 5.41) is 15.4. The summed E-state index contributed by atoms with van der Waals surface area (Å²) in [6, 6.07) is 11.8. The van der Waals surface area contributed by atoms with Crippen LogP contribution in [0, 0.1) is 35.7 Å². The number of benzene rings is 2. The SMILES string of the molecule is C=C1C(CC)N(C2=CC(=C)N(CCC)C(Nc3ccc(F)cc3F)=C2C=N)CNc2cccc(n2)-c2cc(F)cc3nc(C)n(c23)CC(CC)CN1C. The Morgan fingerprint density at radius 3 is 2.49 bits per heavy atom. The summed E-state index contributed by atoms with van der Waals surface area (Å²) < 4.78 is 46.3. The van der Waals surface area contributed by atoms with Crippen molar-refractivity contribution in [3.8, 4) is 11.3 Å². The zero-order valence-electron chi connectivity index (χ0n) is 31.1. The molecule has 0 spiro atoms. The quantitative estimate of drug-likeness (QED) is 0.157. The molecule has 53 heavy (non-hydrogen) atoms. The Hall–Kier alpha value is -5.52. The molecular formula is C41H48F3N9. The van der Waals surface area contributed by atoms with Crippen molar-refractivity contribution in [3.63, 3.8) is 0 Å². The molecule has 3 N–H and O–H groups in total. The zero-order valence-corrected chi connectivity index (χ0v) is 31.1. The van der Waals surface area contributed by atoms with Gasteiger partial charge in [0.05, 0.1) is 46.4 Å². The Morgan fingerprint density at radius 2 is 1.79 bits per heavy atom. The number of hydrogen-bond donors (Lipinski definition) is 3. The van der Waals surface area contributed by atoms with Crippen molar-refractivity contribution in [1.82, 2.24) is 29.2 Å². The number of halogens is 3. The first-order valence-corrected chi connectivity index (χ1v) is 18.2. The third kappa shape index (κ3) is 7.40. The third-order valence-electron chi connectivity index (χ3n) is 10.2. The Morgan fingerprint density at radius 1 is 1.00 bits per heavy atom. The molecule has 4 aromatic rings. The van der Waals surface area contributed by atoms with Crippen LogP contribution in [0.2, 0.25) is 0 Å². The number of fused-ring (bicyclic) bond motifs is 3. The summed E-state index contributed by atoms with van der Waals surface area (Å²) in [6.45, 7) is 19.4. The van der Waals surface area contributed by atoms with Gasteiger partial charge >= 0.3 is 0 Å². The van der Waals surface area contributed by atoms with Crippen molar-refractivity contribution in [2.24, 2.45) is 5.92 Å². The summed E-state index contributed by atoms with van der Waals surface area (Å²) in [4.78, 5) is 16.0. The molecule has 278 valence electrons. The van der Waals surface area contributed by atoms with Gasteiger partial charge in [0, 0.05) is 62.0 Å². The van der Waals surface area contributed by atoms with Gasteiger partial charge in [0.25, 0.3) is 0 Å². The lowest BCUT2D eigenvalue weighted by Gasteiger charge is -2.43. The van der Waals surface area contributed by atoms with Crippen molar-refractivity contribution >= 4 is 28.8 Å². The summed E-state index contributed by atoms with van der Waals surface area (Å²) in [5.74, 6) is 0.230. The number of nitrogens with zero attached hydrogens (tertiary/aromatic N) is 6. The lowest BCUT2D eigenvalue weighted by Crippen LogP contribution is -2.46. The molecule has 0 radical (unpaired) electrons. The number of nitrogens with one attached hydrogen (secondary N) is 3. The van der Waals surface area contributed by atoms with Gasteiger partial charge in [-0.3, -0.25) is 0 Å². The number of rotatable bonds is 8. The first-order valence-electron chi connectivity index (χ1n) is 18.2. The number of hydrogen-bond acceptors (Lipinski definition) is 8. The maximum absolute atomic E-state index is 15.1. The average molecular weight is 724 g/mol. The molecule has 0 fully saturated rings. The van der Waals surface area contributed by atoms with Gasteiger partial charge in [0.2, 0.25) is 0 Å². The lowest BCUT2D eigenvalue weighted by molar-refractivity contribution is 0.221. The van der Waals surface area contributed by atoms with Gasteiger partial charge in [-0.1, -0.05) is 40.0 Å². The second kappa shape index (κ2) is 15.6. The van der Waals surface area contributed by atoms with Crippen LogP contribution >= 0.6 is 0 Å². The molecular weight excluding hydrogens is 676 g/mol. The van der Waals surface area contributed by atoms with E-state index in [0.29, 0.717) is 71.4 Å². The van der Waals surface area contributed by atoms with E-state index in [4.69, 9.17) is 15.4 Å². The highest BCUT2D eigenvalue weighted by molar-refractivity contribution is 5.92. The van der Waals surface area contributed by atoms with E-state index in [9.17, 15) is 4.39 Å². The molecule has 4 heterocycles. The first kappa shape index (κ1) is 37.2. The molecule has 2 atom stereocenters. The van der Waals surface area contributed by atoms with Crippen LogP contribution in [0.3, 0.4) is 0 Å². The summed E-state index contributed by atoms with van der Waals surface area (Å²) in [5.41, 5.74) is 5.48. The molecule has 2 aromatic heterocycles. The van der Waals surface area contributed by atoms with Crippen LogP contribution in [0.4, 0.5) is 24.7 Å². The van der Waals surface area contributed by atoms with Gasteiger partial charge in [-0.2, -0.15) is 0 Å². The van der Waals surface area contributed by atoms with Crippen LogP contribution in [-0.4, -0.2) is 68.3 Å². The van der Waals surface area contributed by atoms with Gasteiger partial charge in [0.15, 0.2) is 0 Å². The minimum absolute atomic E-state index is 0.0799. The minimum atomic E-state index is -0.748. The van der Waals surface area contributed by atoms with Crippen molar-refractivity contribution in [2.45, 2.75) is 59.5 Å². The number of anilines is 2. The maximum atomic E-state index is 15.1. The van der Waals surface area contributed by atoms with Crippen LogP contribution < -0.4 is 10.6 Å². The molecule has 0 aliphatic carbocycles. The summed E-state index contributed by atoms with van der Waals surface area (Å²) >= 11 is 0. The van der Waals surface area contributed by atoms with Gasteiger partial charge < -0.3 is 35.3 Å². The number of aryl methyl sites for hydroxylation is 1. The monoisotopic (exact) mass is 723 g/mol. The van der Waals surface area contributed by atoms with E-state index in [-0.39, 0.29) is 30.1 Å². The molecule has 0 amide bonds. The van der Waals surface area contributed by atoms with Gasteiger partial charge in [0.1, 0.15) is 34.9 Å². The van der Waals surface area contributed by atoms with Gasteiger partial charge in [-0.05, 0) is 68.5 Å². The van der Waals surface area contributed by atoms with Crippen LogP contribution in [-0.2, 0) is 6.54 Å². The average Bonchev–Trinajstić information content (AvgIpc) is 3.44. The highest BCUT2D eigenvalue weighted by atomic mass is 19.1. The summed E-state index contributed by atoms with van der Waals surface area (Å²) in [6.07, 6.45) is 5.51. The molecule has 9 nitrogen and oxygen atoms in total. The summed E-state index contributed by atoms with van der Waals surface area (Å²) in [7, 11) is 2.05. The molecule has 2 aliphatic rings. The third-order valence-corrected chi connectivity index (χ3v) is 10.2. The molecule has 6 rings (SSSR count). The number of allylic oxidation sites excluding steroid dienone is 2. The molecule has 2 aromatic carbocycles. The van der Waals surface area contributed by atoms with E-state index < -0.39 is 11.6 Å². The largest absolute Gasteiger partial charge is 0.376 e. The van der Waals surface area contributed by atoms with Crippen LogP contribution in [0.5, 0.6) is 0 Å². The molecule has 0 saturated heterocycles. The minimum Gasteiger partial charge on any atom is -0.376 e. The highest BCUT2D eigenvalue weighted by Crippen LogP contribution is 2.36. The van der Waals surface area contributed by atoms with E-state index in [1.54, 1.807) is 0 Å². The fourth-order valence-electron chi connectivity index (χ4n) is 7.39. The smallest absolute Gasteiger partial charge is 0.149 e. The Labute approximate surface area is 309 Å². The predicted octanol–water partition coefficient (Wildman–Crippen LogP) is 8.86. The Balaban J connectivity index is 1.50. The number of aromatic nitrogens is 3. The number of pyridine rings is 1. The van der Waals surface area contributed by atoms with Crippen molar-refractivity contribution in [3.05, 3.63) is 120 Å². The van der Waals surface area contributed by atoms with Crippen LogP contribution in [0.15, 0.2) is 96.3 Å². The Bertz CT molecular complexity index is 2120. The standard InChI is InChI=1S/C41H48F3N9/c1-8-16-51-25(4)17-38(32(21-45)41(51)49-35-15-14-29(42)19-33(35)44)53-24-46-39-13-11-12-34(48-39)31-18-30(43)20-36-40(31)52(27(6)47-36)23-28(9-2)22-50(7)26(5)37(53)10-3/h11-15,17-21,28,37,45,49H,4-5,8-10,16,22-24H2,1-3,6-7H3,(H,46,48). The van der Waals surface area contributed by atoms with E-state index >= 15 is 8.78 Å². The fourth-order valence-corrected chi connectivity index (χ4v) is 7.39. The Kier molecular flexibility index (Phi) is 11.0. The zero-order chi connectivity index (χ0) is 38.0. The topological polar surface area (TPSA) is 88.3 Å². The van der Waals surface area contributed by atoms with E-state index in [0.717, 1.165) is 35.9 Å². The first-order chi connectivity index (χ1) is 25.5. The predicted molar refractivity (Wildman–Crippen MR) is 208 cm³/mol. The van der Waals surface area contributed by atoms with Crippen molar-refractivity contribution in [2.75, 3.05) is 37.4 Å². The van der Waals surface area contributed by atoms with Crippen molar-refractivity contribution < 1.29 is 13.2 Å². The second-order valence-corrected chi connectivity index (χ2v) is 13.7. The normalized spacial score (nSPS) is 18.5. The number of likely N-dealkylation sites (N-methyl/N-ethyl adjacent to an activating group) is 1. The van der Waals surface area contributed by atoms with E-state index in [1.165, 1.54) is 30.5 Å². The fraction of sp³-hybridized carbons (Fsp3) is 0.341. The molecule has 2 bridgehead atoms. The number of imidazole rings is 1. The van der Waals surface area contributed by atoms with Crippen LogP contribution in [0.1, 0.15) is 45.9 Å². The van der Waals surface area contributed by atoms with Crippen LogP contribution in [0.25, 0.3) is 22.3 Å². The lowest BCUT2D eigenvalue weighted by atomic mass is 10.00. The maximum Gasteiger partial charge on any atom is 0.149 e. The van der Waals surface area contributed by atoms with Gasteiger partial charge in [-0.15, -0.1) is 0 Å². The molecule has 2 unspecified atom stereocenters. The van der Waals surface area contributed by atoms with E-state index in [1.807, 2.05) is 43.0 Å². The van der Waals surface area contributed by atoms with Gasteiger partial charge in [-0.25, -0.2) is 23.1 Å². The molecule has 2 aliphatic heterocycles.